The maximum atomic E-state index is 13.5. The van der Waals surface area contributed by atoms with E-state index in [1.54, 1.807) is 41.1 Å². The largest absolute Gasteiger partial charge is 0.437 e. The standard InChI is InChI=1S/C22H24F4N4O3S/c1-4-30-19(13-20(28-30)33-18-10-6-9-17(23)12-18)15-7-5-8-16(11-15)21(2,3)29-34(31,32)27-14-22(24,25)26/h5-13,27,29H,4,14H2,1-3H3. The van der Waals surface area contributed by atoms with E-state index in [0.29, 0.717) is 23.4 Å². The van der Waals surface area contributed by atoms with Crippen LogP contribution in [0.2, 0.25) is 0 Å². The summed E-state index contributed by atoms with van der Waals surface area (Å²) in [5.41, 5.74) is 0.616. The van der Waals surface area contributed by atoms with Crippen molar-refractivity contribution >= 4 is 10.2 Å². The summed E-state index contributed by atoms with van der Waals surface area (Å²) in [6, 6.07) is 14.1. The summed E-state index contributed by atoms with van der Waals surface area (Å²) in [6.45, 7) is 3.76. The fraction of sp³-hybridized carbons (Fsp3) is 0.318. The molecule has 0 aliphatic rings. The van der Waals surface area contributed by atoms with Crippen molar-refractivity contribution in [3.63, 3.8) is 0 Å². The van der Waals surface area contributed by atoms with E-state index < -0.39 is 34.3 Å². The smallest absolute Gasteiger partial charge is 0.402 e. The predicted octanol–water partition coefficient (Wildman–Crippen LogP) is 4.72. The number of nitrogens with one attached hydrogen (secondary N) is 2. The maximum absolute atomic E-state index is 13.5. The fourth-order valence-corrected chi connectivity index (χ4v) is 4.46. The van der Waals surface area contributed by atoms with Crippen molar-refractivity contribution in [3.05, 3.63) is 66.0 Å². The highest BCUT2D eigenvalue weighted by Crippen LogP contribution is 2.30. The first kappa shape index (κ1) is 25.7. The van der Waals surface area contributed by atoms with Gasteiger partial charge >= 0.3 is 6.18 Å². The van der Waals surface area contributed by atoms with Crippen LogP contribution in [0, 0.1) is 5.82 Å². The summed E-state index contributed by atoms with van der Waals surface area (Å²) in [5.74, 6) is 0.0712. The van der Waals surface area contributed by atoms with Gasteiger partial charge in [0, 0.05) is 24.2 Å². The topological polar surface area (TPSA) is 85.2 Å². The molecular formula is C22H24F4N4O3S. The Balaban J connectivity index is 1.86. The van der Waals surface area contributed by atoms with Gasteiger partial charge in [0.1, 0.15) is 18.1 Å². The SMILES string of the molecule is CCn1nc(Oc2cccc(F)c2)cc1-c1cccc(C(C)(C)NS(=O)(=O)NCC(F)(F)F)c1. The second-order valence-corrected chi connectivity index (χ2v) is 9.49. The van der Waals surface area contributed by atoms with Gasteiger partial charge in [0.25, 0.3) is 10.2 Å². The summed E-state index contributed by atoms with van der Waals surface area (Å²) in [5, 5.41) is 4.37. The number of hydrogen-bond donors (Lipinski definition) is 2. The van der Waals surface area contributed by atoms with Crippen LogP contribution in [0.25, 0.3) is 11.3 Å². The molecule has 0 saturated heterocycles. The second kappa shape index (κ2) is 9.72. The Morgan fingerprint density at radius 1 is 1.06 bits per heavy atom. The molecule has 1 aromatic heterocycles. The molecule has 3 rings (SSSR count). The van der Waals surface area contributed by atoms with E-state index in [1.807, 2.05) is 6.92 Å². The van der Waals surface area contributed by atoms with E-state index >= 15 is 0 Å². The van der Waals surface area contributed by atoms with Gasteiger partial charge in [-0.3, -0.25) is 4.68 Å². The Bertz CT molecular complexity index is 1260. The van der Waals surface area contributed by atoms with Crippen molar-refractivity contribution in [2.45, 2.75) is 39.0 Å². The summed E-state index contributed by atoms with van der Waals surface area (Å²) < 4.78 is 86.1. The predicted molar refractivity (Wildman–Crippen MR) is 119 cm³/mol. The molecule has 1 heterocycles. The van der Waals surface area contributed by atoms with E-state index in [2.05, 4.69) is 9.82 Å². The van der Waals surface area contributed by atoms with Gasteiger partial charge in [-0.15, -0.1) is 5.10 Å². The van der Waals surface area contributed by atoms with Gasteiger partial charge in [0.15, 0.2) is 0 Å². The lowest BCUT2D eigenvalue weighted by molar-refractivity contribution is -0.121. The molecule has 7 nitrogen and oxygen atoms in total. The van der Waals surface area contributed by atoms with Crippen LogP contribution in [-0.2, 0) is 22.3 Å². The molecule has 0 saturated carbocycles. The lowest BCUT2D eigenvalue weighted by Gasteiger charge is -2.27. The minimum absolute atomic E-state index is 0.240. The van der Waals surface area contributed by atoms with Crippen LogP contribution in [0.1, 0.15) is 26.3 Å². The number of alkyl halides is 3. The molecule has 0 atom stereocenters. The van der Waals surface area contributed by atoms with Gasteiger partial charge in [-0.25, -0.2) is 4.39 Å². The summed E-state index contributed by atoms with van der Waals surface area (Å²) >= 11 is 0. The minimum atomic E-state index is -4.68. The number of nitrogens with zero attached hydrogens (tertiary/aromatic N) is 2. The molecule has 0 radical (unpaired) electrons. The molecule has 34 heavy (non-hydrogen) atoms. The highest BCUT2D eigenvalue weighted by Gasteiger charge is 2.32. The third kappa shape index (κ3) is 6.78. The van der Waals surface area contributed by atoms with Crippen molar-refractivity contribution in [1.82, 2.24) is 19.2 Å². The number of ether oxygens (including phenoxy) is 1. The van der Waals surface area contributed by atoms with E-state index in [9.17, 15) is 26.0 Å². The normalized spacial score (nSPS) is 12.7. The van der Waals surface area contributed by atoms with Crippen molar-refractivity contribution in [2.75, 3.05) is 6.54 Å². The van der Waals surface area contributed by atoms with Crippen LogP contribution in [0.3, 0.4) is 0 Å². The number of aryl methyl sites for hydroxylation is 1. The first-order valence-electron chi connectivity index (χ1n) is 10.3. The Labute approximate surface area is 194 Å². The van der Waals surface area contributed by atoms with E-state index in [4.69, 9.17) is 4.74 Å². The molecule has 0 bridgehead atoms. The molecule has 0 fully saturated rings. The van der Waals surface area contributed by atoms with Crippen LogP contribution < -0.4 is 14.2 Å². The van der Waals surface area contributed by atoms with Gasteiger partial charge in [-0.1, -0.05) is 24.3 Å². The van der Waals surface area contributed by atoms with Gasteiger partial charge in [0.05, 0.1) is 11.2 Å². The van der Waals surface area contributed by atoms with Crippen LogP contribution in [0.5, 0.6) is 11.6 Å². The first-order chi connectivity index (χ1) is 15.8. The molecule has 3 aromatic rings. The molecule has 0 spiro atoms. The first-order valence-corrected chi connectivity index (χ1v) is 11.7. The highest BCUT2D eigenvalue weighted by molar-refractivity contribution is 7.87. The molecule has 0 unspecified atom stereocenters. The average Bonchev–Trinajstić information content (AvgIpc) is 3.14. The van der Waals surface area contributed by atoms with Crippen LogP contribution in [0.15, 0.2) is 54.6 Å². The summed E-state index contributed by atoms with van der Waals surface area (Å²) in [7, 11) is -4.43. The van der Waals surface area contributed by atoms with Gasteiger partial charge in [0.2, 0.25) is 5.88 Å². The zero-order valence-electron chi connectivity index (χ0n) is 18.6. The highest BCUT2D eigenvalue weighted by atomic mass is 32.2. The third-order valence-electron chi connectivity index (χ3n) is 4.81. The van der Waals surface area contributed by atoms with Gasteiger partial charge in [-0.2, -0.15) is 31.0 Å². The molecular weight excluding hydrogens is 476 g/mol. The number of halogens is 4. The Hall–Kier alpha value is -2.96. The monoisotopic (exact) mass is 500 g/mol. The molecule has 2 N–H and O–H groups in total. The van der Waals surface area contributed by atoms with Crippen molar-refractivity contribution in [2.24, 2.45) is 0 Å². The van der Waals surface area contributed by atoms with Crippen molar-refractivity contribution < 1.29 is 30.7 Å². The molecule has 0 amide bonds. The van der Waals surface area contributed by atoms with Gasteiger partial charge < -0.3 is 4.74 Å². The molecule has 0 aliphatic carbocycles. The molecule has 184 valence electrons. The van der Waals surface area contributed by atoms with Gasteiger partial charge in [-0.05, 0) is 44.5 Å². The Kier molecular flexibility index (Phi) is 7.34. The van der Waals surface area contributed by atoms with Crippen LogP contribution >= 0.6 is 0 Å². The second-order valence-electron chi connectivity index (χ2n) is 7.99. The average molecular weight is 501 g/mol. The Morgan fingerprint density at radius 3 is 2.41 bits per heavy atom. The molecule has 2 aromatic carbocycles. The zero-order valence-corrected chi connectivity index (χ0v) is 19.5. The third-order valence-corrected chi connectivity index (χ3v) is 6.11. The van der Waals surface area contributed by atoms with Crippen LogP contribution in [0.4, 0.5) is 17.6 Å². The maximum Gasteiger partial charge on any atom is 0.402 e. The quantitative estimate of drug-likeness (QED) is 0.417. The Morgan fingerprint density at radius 2 is 1.76 bits per heavy atom. The number of hydrogen-bond acceptors (Lipinski definition) is 4. The van der Waals surface area contributed by atoms with E-state index in [1.165, 1.54) is 36.8 Å². The van der Waals surface area contributed by atoms with Crippen molar-refractivity contribution in [1.29, 1.82) is 0 Å². The lowest BCUT2D eigenvalue weighted by Crippen LogP contribution is -2.48. The number of benzene rings is 2. The van der Waals surface area contributed by atoms with Crippen molar-refractivity contribution in [3.8, 4) is 22.9 Å². The molecule has 0 aliphatic heterocycles. The molecule has 12 heteroatoms. The lowest BCUT2D eigenvalue weighted by atomic mass is 9.93. The summed E-state index contributed by atoms with van der Waals surface area (Å²) in [6.07, 6.45) is -4.68. The minimum Gasteiger partial charge on any atom is -0.437 e. The zero-order chi connectivity index (χ0) is 25.1. The number of aromatic nitrogens is 2. The fourth-order valence-electron chi connectivity index (χ4n) is 3.24. The van der Waals surface area contributed by atoms with E-state index in [0.717, 1.165) is 0 Å². The van der Waals surface area contributed by atoms with Crippen LogP contribution in [-0.4, -0.2) is 30.9 Å². The van der Waals surface area contributed by atoms with E-state index in [-0.39, 0.29) is 11.6 Å². The summed E-state index contributed by atoms with van der Waals surface area (Å²) in [4.78, 5) is 0. The number of rotatable bonds is 9.